The largest absolute Gasteiger partial charge is 0.453 e. The number of esters is 1. The highest BCUT2D eigenvalue weighted by molar-refractivity contribution is 7.99. The Balaban J connectivity index is 1.55. The fourth-order valence-corrected chi connectivity index (χ4v) is 4.49. The van der Waals surface area contributed by atoms with Gasteiger partial charge in [0, 0.05) is 17.2 Å². The number of amides is 1. The summed E-state index contributed by atoms with van der Waals surface area (Å²) in [7, 11) is 0. The minimum atomic E-state index is -2.00. The van der Waals surface area contributed by atoms with Crippen molar-refractivity contribution in [2.45, 2.75) is 10.5 Å². The van der Waals surface area contributed by atoms with Crippen LogP contribution < -0.4 is 4.90 Å². The molecule has 1 heterocycles. The highest BCUT2D eigenvalue weighted by Gasteiger charge is 2.42. The lowest BCUT2D eigenvalue weighted by Gasteiger charge is -2.30. The molecule has 3 aromatic carbocycles. The molecule has 1 N–H and O–H groups in total. The highest BCUT2D eigenvalue weighted by atomic mass is 32.2. The topological polar surface area (TPSA) is 66.8 Å². The summed E-state index contributed by atoms with van der Waals surface area (Å²) in [4.78, 5) is 28.5. The summed E-state index contributed by atoms with van der Waals surface area (Å²) in [5.41, 5.74) is -0.420. The number of carbonyl (C=O) groups excluding carboxylic acids is 2. The molecule has 30 heavy (non-hydrogen) atoms. The van der Waals surface area contributed by atoms with Crippen molar-refractivity contribution >= 4 is 29.3 Å². The Labute approximate surface area is 179 Å². The molecule has 1 aliphatic heterocycles. The van der Waals surface area contributed by atoms with Crippen LogP contribution in [-0.2, 0) is 19.9 Å². The Morgan fingerprint density at radius 2 is 1.47 bits per heavy atom. The molecule has 0 spiro atoms. The van der Waals surface area contributed by atoms with Crippen LogP contribution in [0.25, 0.3) is 0 Å². The third kappa shape index (κ3) is 3.84. The summed E-state index contributed by atoms with van der Waals surface area (Å²) in [5, 5.41) is 11.4. The van der Waals surface area contributed by atoms with Gasteiger partial charge in [-0.05, 0) is 23.3 Å². The standard InChI is InChI=1S/C24H21NO4S/c26-22(25-15-16-30-21-14-8-7-13-20(21)25)17-29-23(27)24(28,18-9-3-1-4-10-18)19-11-5-2-6-12-19/h1-14,28H,15-17H2. The molecule has 6 heteroatoms. The van der Waals surface area contributed by atoms with E-state index in [-0.39, 0.29) is 5.91 Å². The molecular formula is C24H21NO4S. The smallest absolute Gasteiger partial charge is 0.348 e. The summed E-state index contributed by atoms with van der Waals surface area (Å²) in [5.74, 6) is -0.429. The highest BCUT2D eigenvalue weighted by Crippen LogP contribution is 2.35. The molecular weight excluding hydrogens is 398 g/mol. The number of aliphatic hydroxyl groups is 1. The van der Waals surface area contributed by atoms with Gasteiger partial charge in [0.2, 0.25) is 5.60 Å². The Morgan fingerprint density at radius 3 is 2.10 bits per heavy atom. The summed E-state index contributed by atoms with van der Waals surface area (Å²) >= 11 is 1.69. The van der Waals surface area contributed by atoms with E-state index in [2.05, 4.69) is 0 Å². The normalized spacial score (nSPS) is 13.4. The number of anilines is 1. The van der Waals surface area contributed by atoms with Crippen LogP contribution in [0.15, 0.2) is 89.8 Å². The van der Waals surface area contributed by atoms with E-state index in [9.17, 15) is 14.7 Å². The van der Waals surface area contributed by atoms with Crippen molar-refractivity contribution < 1.29 is 19.4 Å². The lowest BCUT2D eigenvalue weighted by Crippen LogP contribution is -2.42. The van der Waals surface area contributed by atoms with Gasteiger partial charge >= 0.3 is 5.97 Å². The minimum Gasteiger partial charge on any atom is -0.453 e. The van der Waals surface area contributed by atoms with Gasteiger partial charge in [-0.2, -0.15) is 0 Å². The molecule has 4 rings (SSSR count). The molecule has 1 amide bonds. The van der Waals surface area contributed by atoms with E-state index in [1.54, 1.807) is 77.3 Å². The summed E-state index contributed by atoms with van der Waals surface area (Å²) < 4.78 is 5.36. The lowest BCUT2D eigenvalue weighted by atomic mass is 9.86. The van der Waals surface area contributed by atoms with Gasteiger partial charge in [-0.25, -0.2) is 4.79 Å². The Bertz CT molecular complexity index is 1000. The molecule has 5 nitrogen and oxygen atoms in total. The number of carbonyl (C=O) groups is 2. The van der Waals surface area contributed by atoms with E-state index in [4.69, 9.17) is 4.74 Å². The predicted octanol–water partition coefficient (Wildman–Crippen LogP) is 3.60. The van der Waals surface area contributed by atoms with Crippen molar-refractivity contribution in [3.05, 3.63) is 96.1 Å². The number of nitrogens with zero attached hydrogens (tertiary/aromatic N) is 1. The second-order valence-corrected chi connectivity index (χ2v) is 8.02. The van der Waals surface area contributed by atoms with E-state index in [0.29, 0.717) is 17.7 Å². The van der Waals surface area contributed by atoms with E-state index >= 15 is 0 Å². The van der Waals surface area contributed by atoms with Crippen molar-refractivity contribution in [2.75, 3.05) is 23.8 Å². The number of fused-ring (bicyclic) bond motifs is 1. The summed E-state index contributed by atoms with van der Waals surface area (Å²) in [6.07, 6.45) is 0. The van der Waals surface area contributed by atoms with Gasteiger partial charge in [0.1, 0.15) is 0 Å². The number of para-hydroxylation sites is 1. The number of hydrogen-bond acceptors (Lipinski definition) is 5. The van der Waals surface area contributed by atoms with E-state index < -0.39 is 18.2 Å². The van der Waals surface area contributed by atoms with E-state index in [1.807, 2.05) is 24.3 Å². The number of benzene rings is 3. The summed E-state index contributed by atoms with van der Waals surface area (Å²) in [6.45, 7) is 0.0967. The van der Waals surface area contributed by atoms with Gasteiger partial charge in [-0.1, -0.05) is 72.8 Å². The van der Waals surface area contributed by atoms with Gasteiger partial charge < -0.3 is 14.7 Å². The number of ether oxygens (including phenoxy) is 1. The van der Waals surface area contributed by atoms with Crippen molar-refractivity contribution in [1.29, 1.82) is 0 Å². The second kappa shape index (κ2) is 8.73. The van der Waals surface area contributed by atoms with Gasteiger partial charge in [-0.3, -0.25) is 4.79 Å². The maximum Gasteiger partial charge on any atom is 0.348 e. The SMILES string of the molecule is O=C(COC(=O)C(O)(c1ccccc1)c1ccccc1)N1CCSc2ccccc21. The van der Waals surface area contributed by atoms with Gasteiger partial charge in [-0.15, -0.1) is 11.8 Å². The molecule has 0 unspecified atom stereocenters. The summed E-state index contributed by atoms with van der Waals surface area (Å²) in [6, 6.07) is 24.9. The maximum absolute atomic E-state index is 13.1. The molecule has 1 aliphatic rings. The molecule has 0 atom stereocenters. The molecule has 0 bridgehead atoms. The zero-order chi connectivity index (χ0) is 21.0. The molecule has 0 aromatic heterocycles. The Morgan fingerprint density at radius 1 is 0.900 bits per heavy atom. The fourth-order valence-electron chi connectivity index (χ4n) is 3.50. The Hall–Kier alpha value is -3.09. The monoisotopic (exact) mass is 419 g/mol. The second-order valence-electron chi connectivity index (χ2n) is 6.88. The van der Waals surface area contributed by atoms with Crippen LogP contribution in [-0.4, -0.2) is 35.9 Å². The first-order valence-corrected chi connectivity index (χ1v) is 10.6. The third-order valence-electron chi connectivity index (χ3n) is 5.03. The Kier molecular flexibility index (Phi) is 5.88. The van der Waals surface area contributed by atoms with Crippen LogP contribution in [0, 0.1) is 0 Å². The zero-order valence-corrected chi connectivity index (χ0v) is 17.0. The lowest BCUT2D eigenvalue weighted by molar-refractivity contribution is -0.164. The first kappa shape index (κ1) is 20.2. The van der Waals surface area contributed by atoms with Crippen molar-refractivity contribution in [2.24, 2.45) is 0 Å². The first-order valence-electron chi connectivity index (χ1n) is 9.63. The average Bonchev–Trinajstić information content (AvgIpc) is 2.82. The van der Waals surface area contributed by atoms with Crippen molar-refractivity contribution in [3.8, 4) is 0 Å². The minimum absolute atomic E-state index is 0.320. The predicted molar refractivity (Wildman–Crippen MR) is 116 cm³/mol. The molecule has 0 saturated heterocycles. The molecule has 0 fully saturated rings. The maximum atomic E-state index is 13.1. The number of rotatable bonds is 5. The van der Waals surface area contributed by atoms with Gasteiger partial charge in [0.25, 0.3) is 5.91 Å². The average molecular weight is 420 g/mol. The van der Waals surface area contributed by atoms with Crippen LogP contribution in [0.1, 0.15) is 11.1 Å². The van der Waals surface area contributed by atoms with E-state index in [0.717, 1.165) is 16.3 Å². The fraction of sp³-hybridized carbons (Fsp3) is 0.167. The molecule has 152 valence electrons. The number of thioether (sulfide) groups is 1. The molecule has 3 aromatic rings. The van der Waals surface area contributed by atoms with E-state index in [1.165, 1.54) is 0 Å². The van der Waals surface area contributed by atoms with Crippen LogP contribution in [0.5, 0.6) is 0 Å². The molecule has 0 saturated carbocycles. The molecule has 0 aliphatic carbocycles. The molecule has 0 radical (unpaired) electrons. The van der Waals surface area contributed by atoms with Gasteiger partial charge in [0.05, 0.1) is 5.69 Å². The van der Waals surface area contributed by atoms with Crippen LogP contribution in [0.2, 0.25) is 0 Å². The van der Waals surface area contributed by atoms with Crippen molar-refractivity contribution in [1.82, 2.24) is 0 Å². The third-order valence-corrected chi connectivity index (χ3v) is 6.08. The quantitative estimate of drug-likeness (QED) is 0.640. The first-order chi connectivity index (χ1) is 14.6. The zero-order valence-electron chi connectivity index (χ0n) is 16.2. The number of hydrogen-bond donors (Lipinski definition) is 1. The van der Waals surface area contributed by atoms with Gasteiger partial charge in [0.15, 0.2) is 6.61 Å². The van der Waals surface area contributed by atoms with Crippen molar-refractivity contribution in [3.63, 3.8) is 0 Å². The van der Waals surface area contributed by atoms with Crippen LogP contribution >= 0.6 is 11.8 Å². The van der Waals surface area contributed by atoms with Crippen LogP contribution in [0.4, 0.5) is 5.69 Å². The van der Waals surface area contributed by atoms with Crippen LogP contribution in [0.3, 0.4) is 0 Å².